The molecule has 4 nitrogen and oxygen atoms in total. The highest BCUT2D eigenvalue weighted by molar-refractivity contribution is 5.93. The molecule has 1 aromatic carbocycles. The monoisotopic (exact) mass is 276 g/mol. The fourth-order valence-electron chi connectivity index (χ4n) is 2.46. The first-order valence-corrected chi connectivity index (χ1v) is 7.43. The van der Waals surface area contributed by atoms with Crippen molar-refractivity contribution in [2.75, 3.05) is 31.6 Å². The summed E-state index contributed by atoms with van der Waals surface area (Å²) in [5, 5.41) is 2.95. The normalized spacial score (nSPS) is 16.9. The number of nitrogens with one attached hydrogen (secondary N) is 1. The van der Waals surface area contributed by atoms with Crippen LogP contribution in [-0.4, -0.2) is 37.0 Å². The molecule has 0 atom stereocenters. The van der Waals surface area contributed by atoms with Crippen molar-refractivity contribution in [2.24, 2.45) is 5.92 Å². The Bertz CT molecular complexity index is 440. The Morgan fingerprint density at radius 3 is 2.75 bits per heavy atom. The summed E-state index contributed by atoms with van der Waals surface area (Å²) in [7, 11) is 0. The van der Waals surface area contributed by atoms with Gasteiger partial charge in [0.05, 0.1) is 18.8 Å². The quantitative estimate of drug-likeness (QED) is 0.899. The molecule has 1 amide bonds. The maximum atomic E-state index is 12.1. The summed E-state index contributed by atoms with van der Waals surface area (Å²) >= 11 is 0. The molecule has 1 saturated heterocycles. The van der Waals surface area contributed by atoms with Crippen LogP contribution in [0.2, 0.25) is 0 Å². The molecule has 1 aliphatic heterocycles. The van der Waals surface area contributed by atoms with E-state index in [-0.39, 0.29) is 5.91 Å². The van der Waals surface area contributed by atoms with Gasteiger partial charge in [-0.15, -0.1) is 0 Å². The van der Waals surface area contributed by atoms with Crippen molar-refractivity contribution in [3.63, 3.8) is 0 Å². The number of nitrogens with zero attached hydrogens (tertiary/aromatic N) is 1. The van der Waals surface area contributed by atoms with Gasteiger partial charge in [0.2, 0.25) is 5.91 Å². The van der Waals surface area contributed by atoms with E-state index in [9.17, 15) is 4.79 Å². The number of para-hydroxylation sites is 2. The first kappa shape index (κ1) is 14.9. The average Bonchev–Trinajstić information content (AvgIpc) is 2.44. The van der Waals surface area contributed by atoms with Gasteiger partial charge in [0, 0.05) is 0 Å². The number of hydrogen-bond acceptors (Lipinski definition) is 3. The minimum Gasteiger partial charge on any atom is -0.492 e. The van der Waals surface area contributed by atoms with E-state index < -0.39 is 0 Å². The lowest BCUT2D eigenvalue weighted by atomic mass is 9.99. The number of piperidine rings is 1. The van der Waals surface area contributed by atoms with Gasteiger partial charge in [-0.05, 0) is 50.9 Å². The Balaban J connectivity index is 1.88. The topological polar surface area (TPSA) is 41.6 Å². The summed E-state index contributed by atoms with van der Waals surface area (Å²) in [5.41, 5.74) is 0.754. The fourth-order valence-corrected chi connectivity index (χ4v) is 2.46. The van der Waals surface area contributed by atoms with Crippen molar-refractivity contribution in [3.05, 3.63) is 24.3 Å². The van der Waals surface area contributed by atoms with Crippen LogP contribution >= 0.6 is 0 Å². The molecule has 0 spiro atoms. The van der Waals surface area contributed by atoms with Crippen molar-refractivity contribution in [2.45, 2.75) is 26.7 Å². The molecular weight excluding hydrogens is 252 g/mol. The smallest absolute Gasteiger partial charge is 0.238 e. The average molecular weight is 276 g/mol. The van der Waals surface area contributed by atoms with Crippen molar-refractivity contribution < 1.29 is 9.53 Å². The summed E-state index contributed by atoms with van der Waals surface area (Å²) < 4.78 is 5.51. The highest BCUT2D eigenvalue weighted by Crippen LogP contribution is 2.23. The first-order valence-electron chi connectivity index (χ1n) is 7.43. The Morgan fingerprint density at radius 1 is 1.35 bits per heavy atom. The molecule has 0 unspecified atom stereocenters. The standard InChI is InChI=1S/C16H24N2O2/c1-3-20-15-7-5-4-6-14(15)17-16(19)12-18-10-8-13(2)9-11-18/h4-7,13H,3,8-12H2,1-2H3,(H,17,19). The van der Waals surface area contributed by atoms with Crippen LogP contribution in [0.5, 0.6) is 5.75 Å². The van der Waals surface area contributed by atoms with Gasteiger partial charge >= 0.3 is 0 Å². The van der Waals surface area contributed by atoms with E-state index in [1.807, 2.05) is 31.2 Å². The highest BCUT2D eigenvalue weighted by Gasteiger charge is 2.18. The van der Waals surface area contributed by atoms with Crippen LogP contribution in [-0.2, 0) is 4.79 Å². The molecule has 0 saturated carbocycles. The molecule has 110 valence electrons. The Hall–Kier alpha value is -1.55. The van der Waals surface area contributed by atoms with E-state index in [0.29, 0.717) is 13.2 Å². The summed E-state index contributed by atoms with van der Waals surface area (Å²) in [4.78, 5) is 14.3. The van der Waals surface area contributed by atoms with Crippen LogP contribution in [0, 0.1) is 5.92 Å². The molecule has 0 bridgehead atoms. The zero-order chi connectivity index (χ0) is 14.4. The van der Waals surface area contributed by atoms with E-state index in [1.165, 1.54) is 12.8 Å². The van der Waals surface area contributed by atoms with Crippen LogP contribution in [0.3, 0.4) is 0 Å². The van der Waals surface area contributed by atoms with Gasteiger partial charge in [-0.3, -0.25) is 9.69 Å². The minimum atomic E-state index is 0.0340. The number of amides is 1. The van der Waals surface area contributed by atoms with E-state index in [1.54, 1.807) is 0 Å². The largest absolute Gasteiger partial charge is 0.492 e. The molecule has 1 aromatic rings. The lowest BCUT2D eigenvalue weighted by Crippen LogP contribution is -2.38. The predicted octanol–water partition coefficient (Wildman–Crippen LogP) is 2.76. The molecule has 4 heteroatoms. The van der Waals surface area contributed by atoms with E-state index in [2.05, 4.69) is 17.1 Å². The summed E-state index contributed by atoms with van der Waals surface area (Å²) in [5.74, 6) is 1.55. The molecule has 1 N–H and O–H groups in total. The minimum absolute atomic E-state index is 0.0340. The fraction of sp³-hybridized carbons (Fsp3) is 0.562. The third kappa shape index (κ3) is 4.23. The number of hydrogen-bond donors (Lipinski definition) is 1. The van der Waals surface area contributed by atoms with Crippen LogP contribution in [0.25, 0.3) is 0 Å². The SMILES string of the molecule is CCOc1ccccc1NC(=O)CN1CCC(C)CC1. The van der Waals surface area contributed by atoms with Crippen LogP contribution in [0.1, 0.15) is 26.7 Å². The van der Waals surface area contributed by atoms with Gasteiger partial charge in [-0.25, -0.2) is 0 Å². The van der Waals surface area contributed by atoms with Gasteiger partial charge in [0.1, 0.15) is 5.75 Å². The summed E-state index contributed by atoms with van der Waals surface area (Å²) in [6, 6.07) is 7.57. The van der Waals surface area contributed by atoms with Crippen molar-refractivity contribution in [3.8, 4) is 5.75 Å². The Labute approximate surface area is 121 Å². The lowest BCUT2D eigenvalue weighted by Gasteiger charge is -2.29. The van der Waals surface area contributed by atoms with Crippen molar-refractivity contribution in [1.82, 2.24) is 4.90 Å². The van der Waals surface area contributed by atoms with Gasteiger partial charge in [-0.2, -0.15) is 0 Å². The molecule has 2 rings (SSSR count). The second-order valence-electron chi connectivity index (χ2n) is 5.44. The second kappa shape index (κ2) is 7.29. The number of benzene rings is 1. The van der Waals surface area contributed by atoms with Crippen molar-refractivity contribution >= 4 is 11.6 Å². The molecular formula is C16H24N2O2. The van der Waals surface area contributed by atoms with Gasteiger partial charge < -0.3 is 10.1 Å². The highest BCUT2D eigenvalue weighted by atomic mass is 16.5. The zero-order valence-electron chi connectivity index (χ0n) is 12.4. The summed E-state index contributed by atoms with van der Waals surface area (Å²) in [6.07, 6.45) is 2.37. The maximum Gasteiger partial charge on any atom is 0.238 e. The van der Waals surface area contributed by atoms with Crippen LogP contribution in [0.15, 0.2) is 24.3 Å². The molecule has 1 heterocycles. The molecule has 0 aromatic heterocycles. The molecule has 1 fully saturated rings. The first-order chi connectivity index (χ1) is 9.69. The molecule has 0 aliphatic carbocycles. The van der Waals surface area contributed by atoms with E-state index in [4.69, 9.17) is 4.74 Å². The molecule has 20 heavy (non-hydrogen) atoms. The summed E-state index contributed by atoms with van der Waals surface area (Å²) in [6.45, 7) is 7.30. The number of ether oxygens (including phenoxy) is 1. The second-order valence-corrected chi connectivity index (χ2v) is 5.44. The Kier molecular flexibility index (Phi) is 5.41. The van der Waals surface area contributed by atoms with E-state index >= 15 is 0 Å². The van der Waals surface area contributed by atoms with Gasteiger partial charge in [-0.1, -0.05) is 19.1 Å². The lowest BCUT2D eigenvalue weighted by molar-refractivity contribution is -0.117. The number of anilines is 1. The van der Waals surface area contributed by atoms with E-state index in [0.717, 1.165) is 30.4 Å². The Morgan fingerprint density at radius 2 is 2.05 bits per heavy atom. The van der Waals surface area contributed by atoms with Crippen molar-refractivity contribution in [1.29, 1.82) is 0 Å². The van der Waals surface area contributed by atoms with Crippen LogP contribution < -0.4 is 10.1 Å². The van der Waals surface area contributed by atoms with Crippen LogP contribution in [0.4, 0.5) is 5.69 Å². The third-order valence-electron chi connectivity index (χ3n) is 3.70. The molecule has 1 aliphatic rings. The zero-order valence-corrected chi connectivity index (χ0v) is 12.4. The predicted molar refractivity (Wildman–Crippen MR) is 81.1 cm³/mol. The molecule has 0 radical (unpaired) electrons. The third-order valence-corrected chi connectivity index (χ3v) is 3.70. The maximum absolute atomic E-state index is 12.1. The van der Waals surface area contributed by atoms with Gasteiger partial charge in [0.15, 0.2) is 0 Å². The number of carbonyl (C=O) groups is 1. The number of likely N-dealkylation sites (tertiary alicyclic amines) is 1. The number of rotatable bonds is 5. The number of carbonyl (C=O) groups excluding carboxylic acids is 1. The van der Waals surface area contributed by atoms with Gasteiger partial charge in [0.25, 0.3) is 0 Å².